The van der Waals surface area contributed by atoms with Crippen LogP contribution in [0.4, 0.5) is 0 Å². The average molecular weight is 243 g/mol. The van der Waals surface area contributed by atoms with Crippen LogP contribution < -0.4 is 11.2 Å². The third kappa shape index (κ3) is 1.84. The Morgan fingerprint density at radius 1 is 1.44 bits per heavy atom. The maximum absolute atomic E-state index is 5.91. The SMILES string of the molecule is C=C1OOC(=C)C1N=C1NC=CC(Cl)N1N. The summed E-state index contributed by atoms with van der Waals surface area (Å²) in [5.41, 5.74) is -0.454. The standard InChI is InChI=1S/C9H11ClN4O2/c1-5-8(6(2)16-15-5)13-9-12-4-3-7(10)14(9)11/h3-4,7-8H,1-2,11H2,(H,12,13). The molecule has 16 heavy (non-hydrogen) atoms. The van der Waals surface area contributed by atoms with E-state index in [0.29, 0.717) is 17.5 Å². The molecule has 86 valence electrons. The molecule has 2 aliphatic heterocycles. The number of hydrogen-bond acceptors (Lipinski definition) is 4. The molecule has 0 aromatic rings. The third-order valence-corrected chi connectivity index (χ3v) is 2.45. The van der Waals surface area contributed by atoms with Crippen molar-refractivity contribution in [3.63, 3.8) is 0 Å². The maximum atomic E-state index is 5.91. The Balaban J connectivity index is 2.20. The number of hydrogen-bond donors (Lipinski definition) is 2. The Morgan fingerprint density at radius 2 is 2.06 bits per heavy atom. The highest BCUT2D eigenvalue weighted by Crippen LogP contribution is 2.25. The van der Waals surface area contributed by atoms with E-state index in [4.69, 9.17) is 27.2 Å². The normalized spacial score (nSPS) is 28.0. The second-order valence-corrected chi connectivity index (χ2v) is 3.69. The second kappa shape index (κ2) is 4.07. The third-order valence-electron chi connectivity index (χ3n) is 2.09. The first-order valence-corrected chi connectivity index (χ1v) is 4.94. The van der Waals surface area contributed by atoms with Gasteiger partial charge in [0.15, 0.2) is 17.6 Å². The molecule has 7 heteroatoms. The van der Waals surface area contributed by atoms with Crippen molar-refractivity contribution in [2.24, 2.45) is 10.8 Å². The number of guanidine groups is 1. The van der Waals surface area contributed by atoms with Gasteiger partial charge in [-0.25, -0.2) is 10.8 Å². The zero-order chi connectivity index (χ0) is 11.7. The highest BCUT2D eigenvalue weighted by atomic mass is 35.5. The molecule has 0 spiro atoms. The minimum absolute atomic E-state index is 0.355. The van der Waals surface area contributed by atoms with Crippen LogP contribution in [0, 0.1) is 0 Å². The summed E-state index contributed by atoms with van der Waals surface area (Å²) in [6, 6.07) is -0.482. The van der Waals surface area contributed by atoms with Crippen LogP contribution in [0.1, 0.15) is 0 Å². The molecule has 2 aliphatic rings. The predicted molar refractivity (Wildman–Crippen MR) is 59.6 cm³/mol. The summed E-state index contributed by atoms with van der Waals surface area (Å²) in [6.45, 7) is 7.28. The number of aliphatic imine (C=N–C) groups is 1. The topological polar surface area (TPSA) is 72.1 Å². The molecule has 1 unspecified atom stereocenters. The fourth-order valence-electron chi connectivity index (χ4n) is 1.23. The predicted octanol–water partition coefficient (Wildman–Crippen LogP) is 0.558. The van der Waals surface area contributed by atoms with Crippen molar-refractivity contribution >= 4 is 17.6 Å². The molecule has 2 rings (SSSR count). The Kier molecular flexibility index (Phi) is 2.76. The van der Waals surface area contributed by atoms with Gasteiger partial charge < -0.3 is 5.32 Å². The lowest BCUT2D eigenvalue weighted by molar-refractivity contribution is -0.194. The average Bonchev–Trinajstić information content (AvgIpc) is 2.56. The van der Waals surface area contributed by atoms with E-state index in [9.17, 15) is 0 Å². The Hall–Kier alpha value is -1.66. The van der Waals surface area contributed by atoms with Gasteiger partial charge in [0, 0.05) is 6.20 Å². The van der Waals surface area contributed by atoms with E-state index in [2.05, 4.69) is 23.5 Å². The summed E-state index contributed by atoms with van der Waals surface area (Å²) in [6.07, 6.45) is 3.34. The van der Waals surface area contributed by atoms with Gasteiger partial charge in [0.1, 0.15) is 5.50 Å². The molecule has 2 heterocycles. The Morgan fingerprint density at radius 3 is 2.69 bits per heavy atom. The van der Waals surface area contributed by atoms with E-state index in [0.717, 1.165) is 0 Å². The van der Waals surface area contributed by atoms with Gasteiger partial charge in [0.05, 0.1) is 0 Å². The van der Waals surface area contributed by atoms with Gasteiger partial charge in [-0.3, -0.25) is 14.8 Å². The van der Waals surface area contributed by atoms with E-state index >= 15 is 0 Å². The van der Waals surface area contributed by atoms with E-state index in [-0.39, 0.29) is 0 Å². The van der Waals surface area contributed by atoms with E-state index in [1.54, 1.807) is 12.3 Å². The van der Waals surface area contributed by atoms with Crippen molar-refractivity contribution in [1.82, 2.24) is 10.3 Å². The molecule has 1 saturated heterocycles. The van der Waals surface area contributed by atoms with Gasteiger partial charge >= 0.3 is 0 Å². The number of halogens is 1. The monoisotopic (exact) mass is 242 g/mol. The number of rotatable bonds is 1. The number of hydrazine groups is 1. The molecule has 0 saturated carbocycles. The zero-order valence-electron chi connectivity index (χ0n) is 8.39. The van der Waals surface area contributed by atoms with Crippen LogP contribution in [0.25, 0.3) is 0 Å². The summed E-state index contributed by atoms with van der Waals surface area (Å²) in [5, 5.41) is 4.14. The van der Waals surface area contributed by atoms with Crippen LogP contribution in [0.3, 0.4) is 0 Å². The fourth-order valence-corrected chi connectivity index (χ4v) is 1.40. The van der Waals surface area contributed by atoms with Crippen molar-refractivity contribution in [3.05, 3.63) is 37.0 Å². The molecular weight excluding hydrogens is 232 g/mol. The zero-order valence-corrected chi connectivity index (χ0v) is 9.15. The van der Waals surface area contributed by atoms with Gasteiger partial charge in [-0.1, -0.05) is 24.8 Å². The highest BCUT2D eigenvalue weighted by molar-refractivity contribution is 6.22. The van der Waals surface area contributed by atoms with Crippen molar-refractivity contribution in [3.8, 4) is 0 Å². The lowest BCUT2D eigenvalue weighted by Gasteiger charge is -2.27. The molecule has 0 aromatic carbocycles. The largest absolute Gasteiger partial charge is 0.332 e. The lowest BCUT2D eigenvalue weighted by Crippen LogP contribution is -2.50. The summed E-state index contributed by atoms with van der Waals surface area (Å²) < 4.78 is 0. The molecule has 0 aromatic heterocycles. The highest BCUT2D eigenvalue weighted by Gasteiger charge is 2.30. The minimum Gasteiger partial charge on any atom is -0.332 e. The fraction of sp³-hybridized carbons (Fsp3) is 0.222. The number of nitrogens with zero attached hydrogens (tertiary/aromatic N) is 2. The molecule has 6 nitrogen and oxygen atoms in total. The molecule has 0 aliphatic carbocycles. The first-order chi connectivity index (χ1) is 7.59. The van der Waals surface area contributed by atoms with Gasteiger partial charge in [-0.05, 0) is 6.08 Å². The molecule has 0 bridgehead atoms. The van der Waals surface area contributed by atoms with Gasteiger partial charge in [-0.2, -0.15) is 0 Å². The molecule has 0 radical (unpaired) electrons. The molecule has 0 amide bonds. The first kappa shape index (κ1) is 10.8. The van der Waals surface area contributed by atoms with Crippen LogP contribution in [0.2, 0.25) is 0 Å². The van der Waals surface area contributed by atoms with Gasteiger partial charge in [-0.15, -0.1) is 0 Å². The number of nitrogens with two attached hydrogens (primary N) is 1. The summed E-state index contributed by atoms with van der Waals surface area (Å²) in [5.74, 6) is 6.81. The Labute approximate surface area is 97.6 Å². The summed E-state index contributed by atoms with van der Waals surface area (Å²) >= 11 is 5.91. The van der Waals surface area contributed by atoms with E-state index in [1.165, 1.54) is 5.01 Å². The number of nitrogens with one attached hydrogen (secondary N) is 1. The molecular formula is C9H11ClN4O2. The first-order valence-electron chi connectivity index (χ1n) is 4.50. The second-order valence-electron chi connectivity index (χ2n) is 3.24. The smallest absolute Gasteiger partial charge is 0.215 e. The lowest BCUT2D eigenvalue weighted by atomic mass is 10.2. The van der Waals surface area contributed by atoms with Gasteiger partial charge in [0.25, 0.3) is 0 Å². The van der Waals surface area contributed by atoms with Crippen LogP contribution in [-0.2, 0) is 9.78 Å². The molecule has 3 N–H and O–H groups in total. The van der Waals surface area contributed by atoms with E-state index in [1.807, 2.05) is 0 Å². The van der Waals surface area contributed by atoms with E-state index < -0.39 is 11.5 Å². The van der Waals surface area contributed by atoms with Crippen molar-refractivity contribution in [2.45, 2.75) is 11.5 Å². The molecule has 1 atom stereocenters. The quantitative estimate of drug-likeness (QED) is 0.304. The summed E-state index contributed by atoms with van der Waals surface area (Å²) in [4.78, 5) is 13.7. The molecule has 1 fully saturated rings. The van der Waals surface area contributed by atoms with Crippen LogP contribution in [0.5, 0.6) is 0 Å². The van der Waals surface area contributed by atoms with Gasteiger partial charge in [0.2, 0.25) is 5.96 Å². The van der Waals surface area contributed by atoms with Crippen molar-refractivity contribution in [2.75, 3.05) is 0 Å². The van der Waals surface area contributed by atoms with Crippen LogP contribution in [0.15, 0.2) is 41.9 Å². The maximum Gasteiger partial charge on any atom is 0.215 e. The number of alkyl halides is 1. The van der Waals surface area contributed by atoms with Crippen molar-refractivity contribution < 1.29 is 9.78 Å². The minimum atomic E-state index is -0.482. The summed E-state index contributed by atoms with van der Waals surface area (Å²) in [7, 11) is 0. The Bertz CT molecular complexity index is 377. The van der Waals surface area contributed by atoms with Crippen molar-refractivity contribution in [1.29, 1.82) is 0 Å². The van der Waals surface area contributed by atoms with Crippen LogP contribution >= 0.6 is 11.6 Å². The van der Waals surface area contributed by atoms with Crippen LogP contribution in [-0.4, -0.2) is 22.5 Å².